The van der Waals surface area contributed by atoms with Gasteiger partial charge in [-0.25, -0.2) is 0 Å². The zero-order chi connectivity index (χ0) is 15.0. The fourth-order valence-corrected chi connectivity index (χ4v) is 2.92. The van der Waals surface area contributed by atoms with E-state index in [9.17, 15) is 9.59 Å². The number of amides is 1. The Hall–Kier alpha value is -1.14. The number of rotatable bonds is 8. The van der Waals surface area contributed by atoms with Crippen LogP contribution in [0, 0.1) is 0 Å². The number of aliphatic carboxylic acids is 1. The molecule has 1 saturated carbocycles. The van der Waals surface area contributed by atoms with E-state index in [2.05, 4.69) is 5.32 Å². The molecule has 20 heavy (non-hydrogen) atoms. The fourth-order valence-electron chi connectivity index (χ4n) is 2.92. The second-order valence-electron chi connectivity index (χ2n) is 5.55. The van der Waals surface area contributed by atoms with Gasteiger partial charge in [-0.05, 0) is 19.9 Å². The van der Waals surface area contributed by atoms with Crippen LogP contribution in [0.5, 0.6) is 0 Å². The van der Waals surface area contributed by atoms with Gasteiger partial charge in [0.25, 0.3) is 0 Å². The molecule has 1 rings (SSSR count). The van der Waals surface area contributed by atoms with Crippen molar-refractivity contribution in [3.05, 3.63) is 0 Å². The second kappa shape index (κ2) is 8.21. The number of nitrogens with zero attached hydrogens (tertiary/aromatic N) is 1. The highest BCUT2D eigenvalue weighted by molar-refractivity contribution is 5.78. The Labute approximate surface area is 120 Å². The molecule has 0 bridgehead atoms. The second-order valence-corrected chi connectivity index (χ2v) is 5.55. The first-order valence-electron chi connectivity index (χ1n) is 7.19. The van der Waals surface area contributed by atoms with E-state index < -0.39 is 5.97 Å². The molecular formula is C14H26N2O4. The first kappa shape index (κ1) is 16.9. The largest absolute Gasteiger partial charge is 0.481 e. The molecule has 0 saturated heterocycles. The van der Waals surface area contributed by atoms with Crippen molar-refractivity contribution in [2.24, 2.45) is 0 Å². The summed E-state index contributed by atoms with van der Waals surface area (Å²) in [6, 6.07) is 0. The summed E-state index contributed by atoms with van der Waals surface area (Å²) >= 11 is 0. The predicted octanol–water partition coefficient (Wildman–Crippen LogP) is 0.858. The van der Waals surface area contributed by atoms with E-state index in [-0.39, 0.29) is 24.4 Å². The third-order valence-electron chi connectivity index (χ3n) is 4.08. The highest BCUT2D eigenvalue weighted by Gasteiger charge is 2.38. The summed E-state index contributed by atoms with van der Waals surface area (Å²) in [5.74, 6) is -0.876. The van der Waals surface area contributed by atoms with Crippen LogP contribution in [-0.4, -0.2) is 61.3 Å². The van der Waals surface area contributed by atoms with Crippen LogP contribution in [0.15, 0.2) is 0 Å². The number of carboxylic acid groups (broad SMARTS) is 1. The molecule has 0 atom stereocenters. The van der Waals surface area contributed by atoms with Crippen molar-refractivity contribution in [3.63, 3.8) is 0 Å². The van der Waals surface area contributed by atoms with Crippen molar-refractivity contribution in [2.75, 3.05) is 33.9 Å². The minimum atomic E-state index is -0.793. The van der Waals surface area contributed by atoms with E-state index in [1.807, 2.05) is 11.9 Å². The lowest BCUT2D eigenvalue weighted by Crippen LogP contribution is -2.52. The van der Waals surface area contributed by atoms with E-state index in [4.69, 9.17) is 9.84 Å². The quantitative estimate of drug-likeness (QED) is 0.647. The van der Waals surface area contributed by atoms with E-state index in [0.717, 1.165) is 32.1 Å². The van der Waals surface area contributed by atoms with Crippen LogP contribution < -0.4 is 5.32 Å². The van der Waals surface area contributed by atoms with Crippen molar-refractivity contribution in [1.82, 2.24) is 10.2 Å². The molecule has 0 aromatic carbocycles. The lowest BCUT2D eigenvalue weighted by Gasteiger charge is -2.43. The van der Waals surface area contributed by atoms with Crippen molar-refractivity contribution >= 4 is 11.9 Å². The van der Waals surface area contributed by atoms with Gasteiger partial charge in [-0.3, -0.25) is 14.5 Å². The maximum atomic E-state index is 11.8. The van der Waals surface area contributed by atoms with Crippen molar-refractivity contribution in [3.8, 4) is 0 Å². The Morgan fingerprint density at radius 3 is 2.50 bits per heavy atom. The number of carboxylic acids is 1. The molecule has 0 aromatic rings. The van der Waals surface area contributed by atoms with Crippen LogP contribution in [-0.2, 0) is 14.3 Å². The Morgan fingerprint density at radius 2 is 1.95 bits per heavy atom. The predicted molar refractivity (Wildman–Crippen MR) is 75.6 cm³/mol. The molecule has 1 fully saturated rings. The SMILES string of the molecule is COCCNC(=O)CN(C)C1(CC(=O)O)CCCCC1. The van der Waals surface area contributed by atoms with Crippen LogP contribution in [0.2, 0.25) is 0 Å². The van der Waals surface area contributed by atoms with Gasteiger partial charge in [0, 0.05) is 19.2 Å². The highest BCUT2D eigenvalue weighted by Crippen LogP contribution is 2.35. The minimum absolute atomic E-state index is 0.0834. The molecule has 1 aliphatic carbocycles. The number of carbonyl (C=O) groups excluding carboxylic acids is 1. The lowest BCUT2D eigenvalue weighted by atomic mass is 9.78. The summed E-state index contributed by atoms with van der Waals surface area (Å²) < 4.78 is 4.88. The van der Waals surface area contributed by atoms with Crippen molar-refractivity contribution < 1.29 is 19.4 Å². The zero-order valence-corrected chi connectivity index (χ0v) is 12.5. The number of ether oxygens (including phenoxy) is 1. The number of carbonyl (C=O) groups is 2. The molecular weight excluding hydrogens is 260 g/mol. The Morgan fingerprint density at radius 1 is 1.30 bits per heavy atom. The molecule has 1 amide bonds. The minimum Gasteiger partial charge on any atom is -0.481 e. The Kier molecular flexibility index (Phi) is 6.95. The van der Waals surface area contributed by atoms with Gasteiger partial charge in [0.05, 0.1) is 19.6 Å². The van der Waals surface area contributed by atoms with Gasteiger partial charge in [0.15, 0.2) is 0 Å². The third kappa shape index (κ3) is 5.09. The van der Waals surface area contributed by atoms with Crippen LogP contribution in [0.1, 0.15) is 38.5 Å². The van der Waals surface area contributed by atoms with Gasteiger partial charge in [-0.2, -0.15) is 0 Å². The van der Waals surface area contributed by atoms with Gasteiger partial charge in [0.2, 0.25) is 5.91 Å². The van der Waals surface area contributed by atoms with E-state index in [0.29, 0.717) is 13.2 Å². The average Bonchev–Trinajstić information content (AvgIpc) is 2.39. The topological polar surface area (TPSA) is 78.9 Å². The number of likely N-dealkylation sites (N-methyl/N-ethyl adjacent to an activating group) is 1. The summed E-state index contributed by atoms with van der Waals surface area (Å²) in [4.78, 5) is 24.9. The lowest BCUT2D eigenvalue weighted by molar-refractivity contribution is -0.142. The van der Waals surface area contributed by atoms with Crippen LogP contribution in [0.4, 0.5) is 0 Å². The average molecular weight is 286 g/mol. The Balaban J connectivity index is 2.56. The smallest absolute Gasteiger partial charge is 0.305 e. The third-order valence-corrected chi connectivity index (χ3v) is 4.08. The monoisotopic (exact) mass is 286 g/mol. The van der Waals surface area contributed by atoms with Crippen molar-refractivity contribution in [1.29, 1.82) is 0 Å². The first-order chi connectivity index (χ1) is 9.50. The molecule has 0 aromatic heterocycles. The maximum Gasteiger partial charge on any atom is 0.305 e. The summed E-state index contributed by atoms with van der Waals surface area (Å²) in [6.45, 7) is 1.20. The van der Waals surface area contributed by atoms with Gasteiger partial charge in [-0.15, -0.1) is 0 Å². The molecule has 0 radical (unpaired) electrons. The standard InChI is InChI=1S/C14H26N2O4/c1-16(11-12(17)15-8-9-20-2)14(10-13(18)19)6-4-3-5-7-14/h3-11H2,1-2H3,(H,15,17)(H,18,19). The van der Waals surface area contributed by atoms with Crippen LogP contribution in [0.25, 0.3) is 0 Å². The van der Waals surface area contributed by atoms with Gasteiger partial charge in [0.1, 0.15) is 0 Å². The molecule has 1 aliphatic rings. The Bertz CT molecular complexity index is 327. The number of hydrogen-bond donors (Lipinski definition) is 2. The number of nitrogens with one attached hydrogen (secondary N) is 1. The molecule has 2 N–H and O–H groups in total. The summed E-state index contributed by atoms with van der Waals surface area (Å²) in [6.07, 6.45) is 5.01. The number of hydrogen-bond acceptors (Lipinski definition) is 4. The normalized spacial score (nSPS) is 17.9. The van der Waals surface area contributed by atoms with Crippen LogP contribution >= 0.6 is 0 Å². The number of methoxy groups -OCH3 is 1. The molecule has 0 aliphatic heterocycles. The summed E-state index contributed by atoms with van der Waals surface area (Å²) in [7, 11) is 3.44. The van der Waals surface area contributed by atoms with E-state index >= 15 is 0 Å². The molecule has 6 nitrogen and oxygen atoms in total. The van der Waals surface area contributed by atoms with Gasteiger partial charge in [-0.1, -0.05) is 19.3 Å². The van der Waals surface area contributed by atoms with Crippen molar-refractivity contribution in [2.45, 2.75) is 44.1 Å². The highest BCUT2D eigenvalue weighted by atomic mass is 16.5. The molecule has 0 spiro atoms. The van der Waals surface area contributed by atoms with Crippen LogP contribution in [0.3, 0.4) is 0 Å². The maximum absolute atomic E-state index is 11.8. The molecule has 116 valence electrons. The van der Waals surface area contributed by atoms with Gasteiger partial charge >= 0.3 is 5.97 Å². The first-order valence-corrected chi connectivity index (χ1v) is 7.19. The van der Waals surface area contributed by atoms with E-state index in [1.165, 1.54) is 0 Å². The van der Waals surface area contributed by atoms with E-state index in [1.54, 1.807) is 7.11 Å². The summed E-state index contributed by atoms with van der Waals surface area (Å²) in [5, 5.41) is 11.9. The molecule has 0 heterocycles. The summed E-state index contributed by atoms with van der Waals surface area (Å²) in [5.41, 5.74) is -0.372. The van der Waals surface area contributed by atoms with Gasteiger partial charge < -0.3 is 15.2 Å². The fraction of sp³-hybridized carbons (Fsp3) is 0.857. The molecule has 6 heteroatoms. The molecule has 0 unspecified atom stereocenters. The zero-order valence-electron chi connectivity index (χ0n) is 12.5.